The lowest BCUT2D eigenvalue weighted by atomic mass is 9.97. The van der Waals surface area contributed by atoms with Crippen LogP contribution >= 0.6 is 11.8 Å². The van der Waals surface area contributed by atoms with Crippen molar-refractivity contribution in [3.63, 3.8) is 0 Å². The predicted octanol–water partition coefficient (Wildman–Crippen LogP) is 1.52. The van der Waals surface area contributed by atoms with Crippen molar-refractivity contribution in [2.24, 2.45) is 0 Å². The molecular weight excluding hydrogens is 376 g/mol. The minimum atomic E-state index is -0.245. The van der Waals surface area contributed by atoms with E-state index in [1.807, 2.05) is 17.0 Å². The Bertz CT molecular complexity index is 894. The Morgan fingerprint density at radius 1 is 1.21 bits per heavy atom. The number of pyridine rings is 1. The number of carbonyl (C=O) groups excluding carboxylic acids is 1. The van der Waals surface area contributed by atoms with E-state index >= 15 is 0 Å². The number of hydrogen-bond acceptors (Lipinski definition) is 6. The molecule has 4 rings (SSSR count). The van der Waals surface area contributed by atoms with Crippen LogP contribution < -0.4 is 5.69 Å². The summed E-state index contributed by atoms with van der Waals surface area (Å²) < 4.78 is 7.08. The van der Waals surface area contributed by atoms with Gasteiger partial charge in [-0.2, -0.15) is 4.98 Å². The number of hydrogen-bond donors (Lipinski definition) is 0. The minimum Gasteiger partial charge on any atom is -0.378 e. The summed E-state index contributed by atoms with van der Waals surface area (Å²) in [6.07, 6.45) is 7.45. The van der Waals surface area contributed by atoms with Gasteiger partial charge in [-0.1, -0.05) is 17.8 Å². The molecule has 0 unspecified atom stereocenters. The highest BCUT2D eigenvalue weighted by Crippen LogP contribution is 2.29. The summed E-state index contributed by atoms with van der Waals surface area (Å²) in [6, 6.07) is 3.85. The fourth-order valence-corrected chi connectivity index (χ4v) is 4.72. The second-order valence-corrected chi connectivity index (χ2v) is 8.03. The maximum atomic E-state index is 12.8. The van der Waals surface area contributed by atoms with Gasteiger partial charge in [-0.15, -0.1) is 0 Å². The summed E-state index contributed by atoms with van der Waals surface area (Å²) >= 11 is 1.40. The smallest absolute Gasteiger partial charge is 0.349 e. The van der Waals surface area contributed by atoms with E-state index in [0.29, 0.717) is 38.6 Å². The molecule has 3 heterocycles. The van der Waals surface area contributed by atoms with Crippen LogP contribution in [0, 0.1) is 0 Å². The molecule has 0 saturated carbocycles. The van der Waals surface area contributed by atoms with E-state index in [2.05, 4.69) is 9.97 Å². The lowest BCUT2D eigenvalue weighted by Gasteiger charge is -2.27. The zero-order valence-electron chi connectivity index (χ0n) is 15.8. The summed E-state index contributed by atoms with van der Waals surface area (Å²) in [6.45, 7) is 2.94. The van der Waals surface area contributed by atoms with E-state index in [4.69, 9.17) is 4.74 Å². The van der Waals surface area contributed by atoms with Crippen molar-refractivity contribution in [1.82, 2.24) is 19.4 Å². The van der Waals surface area contributed by atoms with Crippen LogP contribution in [0.2, 0.25) is 0 Å². The molecule has 2 aliphatic rings. The third-order valence-electron chi connectivity index (χ3n) is 5.21. The molecule has 0 spiro atoms. The Morgan fingerprint density at radius 2 is 2.04 bits per heavy atom. The number of rotatable bonds is 5. The van der Waals surface area contributed by atoms with Gasteiger partial charge >= 0.3 is 5.69 Å². The van der Waals surface area contributed by atoms with Crippen molar-refractivity contribution in [3.05, 3.63) is 51.8 Å². The van der Waals surface area contributed by atoms with Gasteiger partial charge in [0.1, 0.15) is 5.03 Å². The second kappa shape index (κ2) is 8.87. The van der Waals surface area contributed by atoms with Crippen molar-refractivity contribution < 1.29 is 9.53 Å². The summed E-state index contributed by atoms with van der Waals surface area (Å²) in [7, 11) is 0. The Balaban J connectivity index is 1.56. The van der Waals surface area contributed by atoms with Crippen LogP contribution in [-0.4, -0.2) is 57.4 Å². The van der Waals surface area contributed by atoms with Gasteiger partial charge in [0.2, 0.25) is 5.91 Å². The summed E-state index contributed by atoms with van der Waals surface area (Å²) in [5.74, 6) is 0.394. The Morgan fingerprint density at radius 3 is 2.82 bits per heavy atom. The number of fused-ring (bicyclic) bond motifs is 1. The largest absolute Gasteiger partial charge is 0.378 e. The van der Waals surface area contributed by atoms with Crippen LogP contribution in [0.15, 0.2) is 34.3 Å². The van der Waals surface area contributed by atoms with Crippen molar-refractivity contribution >= 4 is 17.7 Å². The monoisotopic (exact) mass is 400 g/mol. The summed E-state index contributed by atoms with van der Waals surface area (Å²) in [5.41, 5.74) is 2.94. The molecule has 1 aliphatic heterocycles. The van der Waals surface area contributed by atoms with E-state index in [9.17, 15) is 9.59 Å². The topological polar surface area (TPSA) is 77.3 Å². The fourth-order valence-electron chi connectivity index (χ4n) is 3.74. The van der Waals surface area contributed by atoms with Crippen LogP contribution in [0.1, 0.15) is 29.7 Å². The molecule has 28 heavy (non-hydrogen) atoms. The second-order valence-electron chi connectivity index (χ2n) is 7.06. The number of carbonyl (C=O) groups is 1. The Hall–Kier alpha value is -2.19. The molecule has 7 nitrogen and oxygen atoms in total. The van der Waals surface area contributed by atoms with Gasteiger partial charge in [0.25, 0.3) is 0 Å². The Labute approximate surface area is 168 Å². The molecule has 1 aliphatic carbocycles. The molecule has 0 radical (unpaired) electrons. The van der Waals surface area contributed by atoms with Crippen molar-refractivity contribution in [2.75, 3.05) is 32.1 Å². The van der Waals surface area contributed by atoms with E-state index in [1.165, 1.54) is 11.8 Å². The molecule has 1 saturated heterocycles. The van der Waals surface area contributed by atoms with Crippen molar-refractivity contribution in [3.8, 4) is 0 Å². The lowest BCUT2D eigenvalue weighted by Crippen LogP contribution is -2.41. The average molecular weight is 401 g/mol. The van der Waals surface area contributed by atoms with Gasteiger partial charge in [-0.25, -0.2) is 4.79 Å². The van der Waals surface area contributed by atoms with Crippen LogP contribution in [0.5, 0.6) is 0 Å². The highest BCUT2D eigenvalue weighted by Gasteiger charge is 2.23. The van der Waals surface area contributed by atoms with Crippen LogP contribution in [-0.2, 0) is 28.9 Å². The standard InChI is InChI=1S/C20H24N4O3S/c25-18(23-8-10-27-11-9-23)14-28-19-16-5-1-2-6-17(16)24(20(26)22-19)13-15-4-3-7-21-12-15/h3-4,7,12H,1-2,5-6,8-11,13-14H2. The van der Waals surface area contributed by atoms with Gasteiger partial charge in [-0.3, -0.25) is 14.3 Å². The first kappa shape index (κ1) is 19.1. The van der Waals surface area contributed by atoms with Crippen LogP contribution in [0.4, 0.5) is 0 Å². The van der Waals surface area contributed by atoms with E-state index in [0.717, 1.165) is 47.5 Å². The molecule has 2 aromatic heterocycles. The highest BCUT2D eigenvalue weighted by molar-refractivity contribution is 7.99. The average Bonchev–Trinajstić information content (AvgIpc) is 2.75. The third kappa shape index (κ3) is 4.28. The number of amides is 1. The number of ether oxygens (including phenoxy) is 1. The van der Waals surface area contributed by atoms with Crippen LogP contribution in [0.3, 0.4) is 0 Å². The predicted molar refractivity (Wildman–Crippen MR) is 107 cm³/mol. The molecule has 2 aromatic rings. The van der Waals surface area contributed by atoms with Gasteiger partial charge < -0.3 is 9.64 Å². The SMILES string of the molecule is O=C(CSc1nc(=O)n(Cc2cccnc2)c2c1CCCC2)N1CCOCC1. The quantitative estimate of drug-likeness (QED) is 0.559. The third-order valence-corrected chi connectivity index (χ3v) is 6.21. The van der Waals surface area contributed by atoms with E-state index in [1.54, 1.807) is 17.0 Å². The highest BCUT2D eigenvalue weighted by atomic mass is 32.2. The molecule has 1 amide bonds. The van der Waals surface area contributed by atoms with Crippen molar-refractivity contribution in [1.29, 1.82) is 0 Å². The van der Waals surface area contributed by atoms with Gasteiger partial charge in [0.15, 0.2) is 0 Å². The number of thioether (sulfide) groups is 1. The lowest BCUT2D eigenvalue weighted by molar-refractivity contribution is -0.132. The molecular formula is C20H24N4O3S. The molecule has 0 aromatic carbocycles. The fraction of sp³-hybridized carbons (Fsp3) is 0.500. The van der Waals surface area contributed by atoms with Gasteiger partial charge in [0, 0.05) is 36.7 Å². The molecule has 0 bridgehead atoms. The maximum Gasteiger partial charge on any atom is 0.349 e. The molecule has 148 valence electrons. The first-order valence-electron chi connectivity index (χ1n) is 9.72. The van der Waals surface area contributed by atoms with Gasteiger partial charge in [0.05, 0.1) is 25.5 Å². The molecule has 1 fully saturated rings. The zero-order chi connectivity index (χ0) is 19.3. The van der Waals surface area contributed by atoms with E-state index < -0.39 is 0 Å². The van der Waals surface area contributed by atoms with E-state index in [-0.39, 0.29) is 11.6 Å². The number of morpholine rings is 1. The number of aromatic nitrogens is 3. The molecule has 8 heteroatoms. The number of nitrogens with zero attached hydrogens (tertiary/aromatic N) is 4. The van der Waals surface area contributed by atoms with Crippen molar-refractivity contribution in [2.45, 2.75) is 37.3 Å². The minimum absolute atomic E-state index is 0.0826. The molecule has 0 atom stereocenters. The normalized spacial score (nSPS) is 16.6. The summed E-state index contributed by atoms with van der Waals surface area (Å²) in [5, 5.41) is 0.726. The zero-order valence-corrected chi connectivity index (χ0v) is 16.6. The Kier molecular flexibility index (Phi) is 6.07. The van der Waals surface area contributed by atoms with Crippen LogP contribution in [0.25, 0.3) is 0 Å². The molecule has 0 N–H and O–H groups in total. The maximum absolute atomic E-state index is 12.8. The summed E-state index contributed by atoms with van der Waals surface area (Å²) in [4.78, 5) is 35.6. The van der Waals surface area contributed by atoms with Gasteiger partial charge in [-0.05, 0) is 37.3 Å². The first-order chi connectivity index (χ1) is 13.7. The first-order valence-corrected chi connectivity index (χ1v) is 10.7.